The maximum absolute atomic E-state index is 4.02. The van der Waals surface area contributed by atoms with Gasteiger partial charge in [0.25, 0.3) is 0 Å². The van der Waals surface area contributed by atoms with Gasteiger partial charge in [-0.15, -0.1) is 0 Å². The van der Waals surface area contributed by atoms with Gasteiger partial charge < -0.3 is 0 Å². The molecule has 1 atom stereocenters. The first-order valence-corrected chi connectivity index (χ1v) is 3.98. The minimum Gasteiger partial charge on any atom is -0.298 e. The lowest BCUT2D eigenvalue weighted by Crippen LogP contribution is -2.34. The van der Waals surface area contributed by atoms with Crippen LogP contribution in [0.3, 0.4) is 0 Å². The lowest BCUT2D eigenvalue weighted by atomic mass is 10.0. The fraction of sp³-hybridized carbons (Fsp3) is 0.625. The van der Waals surface area contributed by atoms with Crippen molar-refractivity contribution in [2.45, 2.75) is 25.9 Å². The summed E-state index contributed by atoms with van der Waals surface area (Å²) < 4.78 is 0. The lowest BCUT2D eigenvalue weighted by molar-refractivity contribution is 0.228. The van der Waals surface area contributed by atoms with Gasteiger partial charge in [-0.3, -0.25) is 10.00 Å². The van der Waals surface area contributed by atoms with Crippen molar-refractivity contribution in [1.29, 1.82) is 0 Å². The van der Waals surface area contributed by atoms with Crippen molar-refractivity contribution in [2.75, 3.05) is 7.05 Å². The Morgan fingerprint density at radius 3 is 3.36 bits per heavy atom. The average Bonchev–Trinajstić information content (AvgIpc) is 2.36. The molecule has 0 spiro atoms. The SMILES string of the molecule is CC1Cc2cn[nH]c2CN1C. The summed E-state index contributed by atoms with van der Waals surface area (Å²) in [5.74, 6) is 0. The summed E-state index contributed by atoms with van der Waals surface area (Å²) in [6, 6.07) is 0.653. The summed E-state index contributed by atoms with van der Waals surface area (Å²) >= 11 is 0. The number of aromatic amines is 1. The molecule has 0 aromatic carbocycles. The van der Waals surface area contributed by atoms with Gasteiger partial charge in [-0.05, 0) is 26.0 Å². The number of H-pyrrole nitrogens is 1. The van der Waals surface area contributed by atoms with Crippen LogP contribution in [0.15, 0.2) is 6.20 Å². The van der Waals surface area contributed by atoms with Crippen LogP contribution in [-0.2, 0) is 13.0 Å². The number of fused-ring (bicyclic) bond motifs is 1. The molecule has 2 rings (SSSR count). The van der Waals surface area contributed by atoms with E-state index < -0.39 is 0 Å². The molecule has 11 heavy (non-hydrogen) atoms. The van der Waals surface area contributed by atoms with Gasteiger partial charge in [0.05, 0.1) is 11.9 Å². The normalized spacial score (nSPS) is 25.1. The molecule has 1 aromatic rings. The Labute approximate surface area is 66.4 Å². The van der Waals surface area contributed by atoms with E-state index in [1.165, 1.54) is 11.3 Å². The quantitative estimate of drug-likeness (QED) is 0.594. The molecule has 1 N–H and O–H groups in total. The molecule has 60 valence electrons. The third-order valence-electron chi connectivity index (χ3n) is 2.48. The van der Waals surface area contributed by atoms with Crippen molar-refractivity contribution in [1.82, 2.24) is 15.1 Å². The molecule has 0 saturated carbocycles. The highest BCUT2D eigenvalue weighted by molar-refractivity contribution is 5.20. The highest BCUT2D eigenvalue weighted by atomic mass is 15.2. The number of hydrogen-bond acceptors (Lipinski definition) is 2. The molecule has 0 saturated heterocycles. The van der Waals surface area contributed by atoms with Gasteiger partial charge in [0.15, 0.2) is 0 Å². The minimum atomic E-state index is 0.653. The standard InChI is InChI=1S/C8H13N3/c1-6-3-7-4-9-10-8(7)5-11(6)2/h4,6H,3,5H2,1-2H3,(H,9,10). The maximum Gasteiger partial charge on any atom is 0.0524 e. The van der Waals surface area contributed by atoms with E-state index in [2.05, 4.69) is 29.1 Å². The number of hydrogen-bond donors (Lipinski definition) is 1. The molecule has 0 aliphatic carbocycles. The van der Waals surface area contributed by atoms with E-state index in [0.717, 1.165) is 13.0 Å². The predicted octanol–water partition coefficient (Wildman–Crippen LogP) is 0.786. The first kappa shape index (κ1) is 6.85. The van der Waals surface area contributed by atoms with Gasteiger partial charge in [-0.25, -0.2) is 0 Å². The molecule has 0 amide bonds. The molecule has 1 aromatic heterocycles. The van der Waals surface area contributed by atoms with Gasteiger partial charge >= 0.3 is 0 Å². The van der Waals surface area contributed by atoms with Gasteiger partial charge in [0.2, 0.25) is 0 Å². The third kappa shape index (κ3) is 1.05. The summed E-state index contributed by atoms with van der Waals surface area (Å²) in [5.41, 5.74) is 2.67. The molecule has 0 fully saturated rings. The first-order valence-electron chi connectivity index (χ1n) is 3.98. The molecular formula is C8H13N3. The average molecular weight is 151 g/mol. The van der Waals surface area contributed by atoms with Crippen LogP contribution in [0.1, 0.15) is 18.2 Å². The molecule has 1 aliphatic heterocycles. The fourth-order valence-corrected chi connectivity index (χ4v) is 1.53. The number of nitrogens with one attached hydrogen (secondary N) is 1. The van der Waals surface area contributed by atoms with E-state index in [1.807, 2.05) is 6.20 Å². The van der Waals surface area contributed by atoms with Gasteiger partial charge in [-0.2, -0.15) is 5.10 Å². The number of aromatic nitrogens is 2. The highest BCUT2D eigenvalue weighted by Crippen LogP contribution is 2.18. The van der Waals surface area contributed by atoms with Crippen molar-refractivity contribution in [3.05, 3.63) is 17.5 Å². The molecule has 0 radical (unpaired) electrons. The van der Waals surface area contributed by atoms with Crippen LogP contribution in [0.4, 0.5) is 0 Å². The molecule has 2 heterocycles. The predicted molar refractivity (Wildman–Crippen MR) is 43.2 cm³/mol. The second-order valence-electron chi connectivity index (χ2n) is 3.34. The van der Waals surface area contributed by atoms with Crippen molar-refractivity contribution >= 4 is 0 Å². The zero-order valence-electron chi connectivity index (χ0n) is 6.96. The smallest absolute Gasteiger partial charge is 0.0524 e. The molecule has 3 nitrogen and oxygen atoms in total. The Hall–Kier alpha value is -0.830. The van der Waals surface area contributed by atoms with Crippen LogP contribution < -0.4 is 0 Å². The van der Waals surface area contributed by atoms with E-state index in [1.54, 1.807) is 0 Å². The van der Waals surface area contributed by atoms with Crippen LogP contribution in [0, 0.1) is 0 Å². The molecule has 3 heteroatoms. The molecule has 0 bridgehead atoms. The van der Waals surface area contributed by atoms with E-state index in [-0.39, 0.29) is 0 Å². The summed E-state index contributed by atoms with van der Waals surface area (Å²) in [6.07, 6.45) is 3.07. The first-order chi connectivity index (χ1) is 5.27. The van der Waals surface area contributed by atoms with Gasteiger partial charge in [0, 0.05) is 12.6 Å². The maximum atomic E-state index is 4.02. The third-order valence-corrected chi connectivity index (χ3v) is 2.48. The molecular weight excluding hydrogens is 138 g/mol. The number of rotatable bonds is 0. The summed E-state index contributed by atoms with van der Waals surface area (Å²) in [5, 5.41) is 7.04. The van der Waals surface area contributed by atoms with E-state index in [4.69, 9.17) is 0 Å². The fourth-order valence-electron chi connectivity index (χ4n) is 1.53. The molecule has 1 unspecified atom stereocenters. The van der Waals surface area contributed by atoms with Crippen molar-refractivity contribution in [3.63, 3.8) is 0 Å². The zero-order valence-corrected chi connectivity index (χ0v) is 6.96. The van der Waals surface area contributed by atoms with Crippen LogP contribution in [0.25, 0.3) is 0 Å². The Morgan fingerprint density at radius 1 is 1.73 bits per heavy atom. The van der Waals surface area contributed by atoms with Crippen molar-refractivity contribution in [2.24, 2.45) is 0 Å². The number of nitrogens with zero attached hydrogens (tertiary/aromatic N) is 2. The van der Waals surface area contributed by atoms with Crippen molar-refractivity contribution < 1.29 is 0 Å². The van der Waals surface area contributed by atoms with Crippen LogP contribution >= 0.6 is 0 Å². The second kappa shape index (κ2) is 2.34. The van der Waals surface area contributed by atoms with E-state index in [0.29, 0.717) is 6.04 Å². The summed E-state index contributed by atoms with van der Waals surface area (Å²) in [6.45, 7) is 3.26. The monoisotopic (exact) mass is 151 g/mol. The topological polar surface area (TPSA) is 31.9 Å². The van der Waals surface area contributed by atoms with E-state index >= 15 is 0 Å². The lowest BCUT2D eigenvalue weighted by Gasteiger charge is -2.28. The Morgan fingerprint density at radius 2 is 2.55 bits per heavy atom. The van der Waals surface area contributed by atoms with E-state index in [9.17, 15) is 0 Å². The zero-order chi connectivity index (χ0) is 7.84. The minimum absolute atomic E-state index is 0.653. The van der Waals surface area contributed by atoms with Gasteiger partial charge in [-0.1, -0.05) is 0 Å². The van der Waals surface area contributed by atoms with Crippen LogP contribution in [0.2, 0.25) is 0 Å². The number of likely N-dealkylation sites (N-methyl/N-ethyl adjacent to an activating group) is 1. The molecule has 1 aliphatic rings. The van der Waals surface area contributed by atoms with Crippen LogP contribution in [-0.4, -0.2) is 28.2 Å². The largest absolute Gasteiger partial charge is 0.298 e. The Bertz CT molecular complexity index is 229. The highest BCUT2D eigenvalue weighted by Gasteiger charge is 2.20. The Kier molecular flexibility index (Phi) is 1.46. The summed E-state index contributed by atoms with van der Waals surface area (Å²) in [7, 11) is 2.15. The van der Waals surface area contributed by atoms with Gasteiger partial charge in [0.1, 0.15) is 0 Å². The van der Waals surface area contributed by atoms with Crippen molar-refractivity contribution in [3.8, 4) is 0 Å². The Balaban J connectivity index is 2.30. The van der Waals surface area contributed by atoms with Crippen LogP contribution in [0.5, 0.6) is 0 Å². The summed E-state index contributed by atoms with van der Waals surface area (Å²) in [4.78, 5) is 2.33. The second-order valence-corrected chi connectivity index (χ2v) is 3.34.